The van der Waals surface area contributed by atoms with E-state index in [9.17, 15) is 14.4 Å². The molecule has 0 radical (unpaired) electrons. The van der Waals surface area contributed by atoms with Crippen LogP contribution in [0.25, 0.3) is 0 Å². The number of piperidine rings is 1. The zero-order valence-corrected chi connectivity index (χ0v) is 15.4. The first-order chi connectivity index (χ1) is 12.5. The Hall–Kier alpha value is -2.41. The zero-order valence-electron chi connectivity index (χ0n) is 15.4. The second kappa shape index (κ2) is 9.33. The van der Waals surface area contributed by atoms with Gasteiger partial charge in [-0.15, -0.1) is 0 Å². The van der Waals surface area contributed by atoms with E-state index in [-0.39, 0.29) is 11.8 Å². The first kappa shape index (κ1) is 19.9. The van der Waals surface area contributed by atoms with Gasteiger partial charge in [0.05, 0.1) is 13.2 Å². The van der Waals surface area contributed by atoms with Gasteiger partial charge in [0.15, 0.2) is 0 Å². The van der Waals surface area contributed by atoms with Crippen LogP contribution in [-0.2, 0) is 14.3 Å². The number of benzene rings is 1. The van der Waals surface area contributed by atoms with Crippen LogP contribution in [0.3, 0.4) is 0 Å². The molecule has 1 aromatic carbocycles. The van der Waals surface area contributed by atoms with Crippen molar-refractivity contribution in [3.8, 4) is 0 Å². The number of nitrogens with zero attached hydrogens (tertiary/aromatic N) is 1. The summed E-state index contributed by atoms with van der Waals surface area (Å²) in [5, 5.41) is 2.74. The number of anilines is 1. The minimum absolute atomic E-state index is 0.242. The van der Waals surface area contributed by atoms with Gasteiger partial charge in [0, 0.05) is 17.8 Å². The maximum atomic E-state index is 12.9. The van der Waals surface area contributed by atoms with Crippen molar-refractivity contribution in [1.29, 1.82) is 0 Å². The summed E-state index contributed by atoms with van der Waals surface area (Å²) in [5.41, 5.74) is 6.75. The van der Waals surface area contributed by atoms with Gasteiger partial charge in [0.25, 0.3) is 5.91 Å². The zero-order chi connectivity index (χ0) is 19.1. The van der Waals surface area contributed by atoms with Gasteiger partial charge >= 0.3 is 5.97 Å². The number of carbonyl (C=O) groups is 3. The number of nitrogens with one attached hydrogen (secondary N) is 1. The number of nitrogens with two attached hydrogens (primary N) is 1. The molecule has 1 saturated heterocycles. The molecule has 1 fully saturated rings. The van der Waals surface area contributed by atoms with Gasteiger partial charge < -0.3 is 20.7 Å². The molecule has 0 aromatic heterocycles. The molecular weight excluding hydrogens is 334 g/mol. The molecule has 142 valence electrons. The molecule has 0 saturated carbocycles. The van der Waals surface area contributed by atoms with Crippen molar-refractivity contribution >= 4 is 23.5 Å². The normalized spacial score (nSPS) is 18.1. The van der Waals surface area contributed by atoms with Crippen LogP contribution < -0.4 is 11.1 Å². The predicted molar refractivity (Wildman–Crippen MR) is 98.6 cm³/mol. The van der Waals surface area contributed by atoms with Crippen LogP contribution in [0.15, 0.2) is 24.3 Å². The summed E-state index contributed by atoms with van der Waals surface area (Å²) in [5.74, 6) is -0.913. The maximum absolute atomic E-state index is 12.9. The van der Waals surface area contributed by atoms with E-state index in [1.807, 2.05) is 6.92 Å². The van der Waals surface area contributed by atoms with Gasteiger partial charge in [-0.1, -0.05) is 19.4 Å². The van der Waals surface area contributed by atoms with Crippen LogP contribution in [0.4, 0.5) is 5.69 Å². The fourth-order valence-corrected chi connectivity index (χ4v) is 3.13. The quantitative estimate of drug-likeness (QED) is 0.754. The monoisotopic (exact) mass is 361 g/mol. The number of hydrogen-bond donors (Lipinski definition) is 2. The van der Waals surface area contributed by atoms with Gasteiger partial charge in [-0.2, -0.15) is 0 Å². The Morgan fingerprint density at radius 3 is 2.81 bits per heavy atom. The summed E-state index contributed by atoms with van der Waals surface area (Å²) >= 11 is 0. The lowest BCUT2D eigenvalue weighted by Crippen LogP contribution is -2.48. The highest BCUT2D eigenvalue weighted by molar-refractivity contribution is 5.99. The molecule has 1 aromatic rings. The van der Waals surface area contributed by atoms with Crippen LogP contribution in [0.5, 0.6) is 0 Å². The first-order valence-corrected chi connectivity index (χ1v) is 9.03. The lowest BCUT2D eigenvalue weighted by molar-refractivity contribution is -0.147. The predicted octanol–water partition coefficient (Wildman–Crippen LogP) is 1.92. The fourth-order valence-electron chi connectivity index (χ4n) is 3.13. The Bertz CT molecular complexity index is 662. The van der Waals surface area contributed by atoms with Crippen molar-refractivity contribution in [1.82, 2.24) is 4.90 Å². The molecule has 0 spiro atoms. The van der Waals surface area contributed by atoms with Crippen LogP contribution in [0.1, 0.15) is 49.4 Å². The van der Waals surface area contributed by atoms with Gasteiger partial charge in [-0.05, 0) is 43.9 Å². The summed E-state index contributed by atoms with van der Waals surface area (Å²) in [6.45, 7) is 2.47. The van der Waals surface area contributed by atoms with Crippen molar-refractivity contribution in [2.24, 2.45) is 5.73 Å². The number of esters is 1. The van der Waals surface area contributed by atoms with Crippen LogP contribution in [0.2, 0.25) is 0 Å². The van der Waals surface area contributed by atoms with Crippen molar-refractivity contribution in [2.45, 2.75) is 51.1 Å². The standard InChI is InChI=1S/C19H27N3O4/c1-3-7-15(20)17(23)21-14-9-6-8-13(12-14)18(24)22-11-5-4-10-16(22)19(25)26-2/h6,8-9,12,15-16H,3-5,7,10-11,20H2,1-2H3,(H,21,23). The van der Waals surface area contributed by atoms with Crippen LogP contribution in [0, 0.1) is 0 Å². The Balaban J connectivity index is 2.14. The molecule has 2 rings (SSSR count). The second-order valence-corrected chi connectivity index (χ2v) is 6.50. The Morgan fingerprint density at radius 2 is 2.12 bits per heavy atom. The third-order valence-corrected chi connectivity index (χ3v) is 4.55. The van der Waals surface area contributed by atoms with E-state index in [2.05, 4.69) is 5.32 Å². The van der Waals surface area contributed by atoms with Crippen molar-refractivity contribution < 1.29 is 19.1 Å². The average molecular weight is 361 g/mol. The Morgan fingerprint density at radius 1 is 1.35 bits per heavy atom. The summed E-state index contributed by atoms with van der Waals surface area (Å²) in [4.78, 5) is 38.5. The molecule has 0 bridgehead atoms. The summed E-state index contributed by atoms with van der Waals surface area (Å²) < 4.78 is 4.83. The number of hydrogen-bond acceptors (Lipinski definition) is 5. The SMILES string of the molecule is CCCC(N)C(=O)Nc1cccc(C(=O)N2CCCCC2C(=O)OC)c1. The van der Waals surface area contributed by atoms with Crippen LogP contribution >= 0.6 is 0 Å². The molecule has 7 nitrogen and oxygen atoms in total. The lowest BCUT2D eigenvalue weighted by Gasteiger charge is -2.33. The van der Waals surface area contributed by atoms with Gasteiger partial charge in [0.2, 0.25) is 5.91 Å². The number of likely N-dealkylation sites (tertiary alicyclic amines) is 1. The van der Waals surface area contributed by atoms with Crippen molar-refractivity contribution in [3.63, 3.8) is 0 Å². The van der Waals surface area contributed by atoms with E-state index in [0.717, 1.165) is 19.3 Å². The number of amides is 2. The van der Waals surface area contributed by atoms with Gasteiger partial charge in [-0.25, -0.2) is 4.79 Å². The minimum atomic E-state index is -0.579. The summed E-state index contributed by atoms with van der Waals surface area (Å²) in [6, 6.07) is 5.56. The van der Waals surface area contributed by atoms with E-state index in [4.69, 9.17) is 10.5 Å². The van der Waals surface area contributed by atoms with E-state index >= 15 is 0 Å². The molecule has 0 aliphatic carbocycles. The molecule has 26 heavy (non-hydrogen) atoms. The highest BCUT2D eigenvalue weighted by atomic mass is 16.5. The molecular formula is C19H27N3O4. The summed E-state index contributed by atoms with van der Waals surface area (Å²) in [6.07, 6.45) is 3.74. The van der Waals surface area contributed by atoms with E-state index < -0.39 is 18.1 Å². The topological polar surface area (TPSA) is 102 Å². The maximum Gasteiger partial charge on any atom is 0.328 e. The molecule has 7 heteroatoms. The Labute approximate surface area is 153 Å². The fraction of sp³-hybridized carbons (Fsp3) is 0.526. The molecule has 1 heterocycles. The third-order valence-electron chi connectivity index (χ3n) is 4.55. The largest absolute Gasteiger partial charge is 0.467 e. The number of rotatable bonds is 6. The molecule has 1 aliphatic heterocycles. The van der Waals surface area contributed by atoms with Gasteiger partial charge in [-0.3, -0.25) is 9.59 Å². The first-order valence-electron chi connectivity index (χ1n) is 9.03. The third kappa shape index (κ3) is 4.82. The molecule has 3 N–H and O–H groups in total. The van der Waals surface area contributed by atoms with Crippen LogP contribution in [-0.4, -0.2) is 48.4 Å². The van der Waals surface area contributed by atoms with E-state index in [1.165, 1.54) is 7.11 Å². The number of ether oxygens (including phenoxy) is 1. The lowest BCUT2D eigenvalue weighted by atomic mass is 10.0. The Kier molecular flexibility index (Phi) is 7.15. The molecule has 2 atom stereocenters. The molecule has 2 amide bonds. The van der Waals surface area contributed by atoms with E-state index in [0.29, 0.717) is 30.6 Å². The van der Waals surface area contributed by atoms with Gasteiger partial charge in [0.1, 0.15) is 6.04 Å². The van der Waals surface area contributed by atoms with Crippen molar-refractivity contribution in [2.75, 3.05) is 19.0 Å². The summed E-state index contributed by atoms with van der Waals surface area (Å²) in [7, 11) is 1.33. The average Bonchev–Trinajstić information content (AvgIpc) is 2.67. The van der Waals surface area contributed by atoms with E-state index in [1.54, 1.807) is 29.2 Å². The molecule has 2 unspecified atom stereocenters. The highest BCUT2D eigenvalue weighted by Crippen LogP contribution is 2.22. The van der Waals surface area contributed by atoms with Crippen molar-refractivity contribution in [3.05, 3.63) is 29.8 Å². The highest BCUT2D eigenvalue weighted by Gasteiger charge is 2.33. The number of carbonyl (C=O) groups excluding carboxylic acids is 3. The number of methoxy groups -OCH3 is 1. The minimum Gasteiger partial charge on any atom is -0.467 e. The molecule has 1 aliphatic rings. The second-order valence-electron chi connectivity index (χ2n) is 6.50. The smallest absolute Gasteiger partial charge is 0.328 e.